The van der Waals surface area contributed by atoms with Crippen LogP contribution in [0.25, 0.3) is 0 Å². The van der Waals surface area contributed by atoms with Gasteiger partial charge in [-0.25, -0.2) is 0 Å². The van der Waals surface area contributed by atoms with Crippen molar-refractivity contribution in [1.82, 2.24) is 4.90 Å². The summed E-state index contributed by atoms with van der Waals surface area (Å²) in [6.07, 6.45) is -2.97. The van der Waals surface area contributed by atoms with E-state index < -0.39 is 11.7 Å². The lowest BCUT2D eigenvalue weighted by Gasteiger charge is -2.32. The Morgan fingerprint density at radius 2 is 1.97 bits per heavy atom. The molecule has 0 bridgehead atoms. The van der Waals surface area contributed by atoms with Crippen LogP contribution in [0.4, 0.5) is 13.2 Å². The fraction of sp³-hybridized carbons (Fsp3) is 0.409. The molecule has 1 fully saturated rings. The number of aliphatic hydroxyl groups excluding tert-OH is 1. The zero-order chi connectivity index (χ0) is 20.9. The normalized spacial score (nSPS) is 17.9. The van der Waals surface area contributed by atoms with Crippen LogP contribution in [0, 0.1) is 5.92 Å². The molecule has 156 valence electrons. The van der Waals surface area contributed by atoms with E-state index in [9.17, 15) is 18.0 Å². The minimum atomic E-state index is -4.46. The molecular weight excluding hydrogens is 383 g/mol. The van der Waals surface area contributed by atoms with Crippen molar-refractivity contribution in [3.05, 3.63) is 65.2 Å². The van der Waals surface area contributed by atoms with Gasteiger partial charge in [0.05, 0.1) is 12.2 Å². The SMILES string of the molecule is O=C(c1cccc(C(F)(F)F)c1)[C@H]1CCCN(Cc2cccc(OCCO)c2)C1. The molecule has 0 unspecified atom stereocenters. The summed E-state index contributed by atoms with van der Waals surface area (Å²) >= 11 is 0. The fourth-order valence-electron chi connectivity index (χ4n) is 3.65. The van der Waals surface area contributed by atoms with E-state index in [1.807, 2.05) is 24.3 Å². The molecule has 0 aromatic heterocycles. The summed E-state index contributed by atoms with van der Waals surface area (Å²) in [6, 6.07) is 12.2. The van der Waals surface area contributed by atoms with Gasteiger partial charge in [-0.3, -0.25) is 9.69 Å². The third-order valence-corrected chi connectivity index (χ3v) is 5.02. The predicted octanol–water partition coefficient (Wildman–Crippen LogP) is 4.17. The molecule has 7 heteroatoms. The number of hydrogen-bond acceptors (Lipinski definition) is 4. The molecule has 4 nitrogen and oxygen atoms in total. The first kappa shape index (κ1) is 21.3. The Labute approximate surface area is 167 Å². The fourth-order valence-corrected chi connectivity index (χ4v) is 3.65. The van der Waals surface area contributed by atoms with E-state index in [0.29, 0.717) is 25.3 Å². The van der Waals surface area contributed by atoms with Crippen molar-refractivity contribution in [3.63, 3.8) is 0 Å². The third-order valence-electron chi connectivity index (χ3n) is 5.02. The Morgan fingerprint density at radius 1 is 1.17 bits per heavy atom. The van der Waals surface area contributed by atoms with E-state index in [2.05, 4.69) is 4.90 Å². The zero-order valence-corrected chi connectivity index (χ0v) is 16.0. The molecule has 0 saturated carbocycles. The molecule has 2 aromatic carbocycles. The molecule has 0 amide bonds. The van der Waals surface area contributed by atoms with Crippen molar-refractivity contribution in [3.8, 4) is 5.75 Å². The zero-order valence-electron chi connectivity index (χ0n) is 16.0. The van der Waals surface area contributed by atoms with Crippen LogP contribution in [-0.2, 0) is 12.7 Å². The van der Waals surface area contributed by atoms with Crippen LogP contribution in [0.2, 0.25) is 0 Å². The number of Topliss-reactive ketones (excluding diaryl/α,β-unsaturated/α-hetero) is 1. The summed E-state index contributed by atoms with van der Waals surface area (Å²) in [5, 5.41) is 8.87. The number of alkyl halides is 3. The highest BCUT2D eigenvalue weighted by Gasteiger charge is 2.32. The van der Waals surface area contributed by atoms with Gasteiger partial charge in [0, 0.05) is 24.6 Å². The summed E-state index contributed by atoms with van der Waals surface area (Å²) in [4.78, 5) is 15.0. The van der Waals surface area contributed by atoms with Gasteiger partial charge in [-0.2, -0.15) is 13.2 Å². The van der Waals surface area contributed by atoms with Crippen LogP contribution in [0.15, 0.2) is 48.5 Å². The molecule has 1 aliphatic rings. The van der Waals surface area contributed by atoms with Gasteiger partial charge in [-0.15, -0.1) is 0 Å². The largest absolute Gasteiger partial charge is 0.491 e. The van der Waals surface area contributed by atoms with Crippen molar-refractivity contribution in [2.75, 3.05) is 26.3 Å². The van der Waals surface area contributed by atoms with Crippen LogP contribution in [0.5, 0.6) is 5.75 Å². The quantitative estimate of drug-likeness (QED) is 0.700. The van der Waals surface area contributed by atoms with Gasteiger partial charge in [0.15, 0.2) is 5.78 Å². The number of aliphatic hydroxyl groups is 1. The molecule has 29 heavy (non-hydrogen) atoms. The summed E-state index contributed by atoms with van der Waals surface area (Å²) in [7, 11) is 0. The molecule has 2 aromatic rings. The van der Waals surface area contributed by atoms with Crippen molar-refractivity contribution >= 4 is 5.78 Å². The summed E-state index contributed by atoms with van der Waals surface area (Å²) in [5.74, 6) is 0.118. The summed E-state index contributed by atoms with van der Waals surface area (Å²) in [5.41, 5.74) is 0.342. The highest BCUT2D eigenvalue weighted by atomic mass is 19.4. The lowest BCUT2D eigenvalue weighted by Crippen LogP contribution is -2.38. The Morgan fingerprint density at radius 3 is 2.72 bits per heavy atom. The molecule has 3 rings (SSSR count). The number of carbonyl (C=O) groups is 1. The van der Waals surface area contributed by atoms with E-state index in [4.69, 9.17) is 9.84 Å². The van der Waals surface area contributed by atoms with Crippen molar-refractivity contribution < 1.29 is 27.8 Å². The van der Waals surface area contributed by atoms with Crippen LogP contribution >= 0.6 is 0 Å². The second-order valence-corrected chi connectivity index (χ2v) is 7.24. The minimum Gasteiger partial charge on any atom is -0.491 e. The van der Waals surface area contributed by atoms with E-state index >= 15 is 0 Å². The van der Waals surface area contributed by atoms with Gasteiger partial charge < -0.3 is 9.84 Å². The number of rotatable bonds is 7. The van der Waals surface area contributed by atoms with Gasteiger partial charge >= 0.3 is 6.18 Å². The predicted molar refractivity (Wildman–Crippen MR) is 103 cm³/mol. The first-order valence-corrected chi connectivity index (χ1v) is 9.63. The number of benzene rings is 2. The van der Waals surface area contributed by atoms with Crippen molar-refractivity contribution in [2.45, 2.75) is 25.6 Å². The number of halogens is 3. The molecule has 0 radical (unpaired) electrons. The highest BCUT2D eigenvalue weighted by molar-refractivity contribution is 5.98. The van der Waals surface area contributed by atoms with Gasteiger partial charge in [0.25, 0.3) is 0 Å². The smallest absolute Gasteiger partial charge is 0.416 e. The number of nitrogens with zero attached hydrogens (tertiary/aromatic N) is 1. The number of ketones is 1. The second-order valence-electron chi connectivity index (χ2n) is 7.24. The maximum Gasteiger partial charge on any atom is 0.416 e. The standard InChI is InChI=1S/C22H24F3NO3/c23-22(24,25)19-7-2-5-17(13-19)21(28)18-6-3-9-26(15-18)14-16-4-1-8-20(12-16)29-11-10-27/h1-2,4-5,7-8,12-13,18,27H,3,6,9-11,14-15H2/t18-/m0/s1. The van der Waals surface area contributed by atoms with E-state index in [1.165, 1.54) is 12.1 Å². The Kier molecular flexibility index (Phi) is 6.92. The topological polar surface area (TPSA) is 49.8 Å². The Balaban J connectivity index is 1.65. The van der Waals surface area contributed by atoms with Gasteiger partial charge in [0.2, 0.25) is 0 Å². The molecule has 0 spiro atoms. The third kappa shape index (κ3) is 5.81. The molecule has 1 atom stereocenters. The number of piperidine rings is 1. The van der Waals surface area contributed by atoms with E-state index in [1.54, 1.807) is 0 Å². The van der Waals surface area contributed by atoms with Gasteiger partial charge in [0.1, 0.15) is 12.4 Å². The maximum absolute atomic E-state index is 12.9. The lowest BCUT2D eigenvalue weighted by atomic mass is 9.89. The first-order chi connectivity index (χ1) is 13.9. The maximum atomic E-state index is 12.9. The lowest BCUT2D eigenvalue weighted by molar-refractivity contribution is -0.137. The van der Waals surface area contributed by atoms with Crippen LogP contribution < -0.4 is 4.74 Å². The summed E-state index contributed by atoms with van der Waals surface area (Å²) < 4.78 is 44.3. The minimum absolute atomic E-state index is 0.0598. The summed E-state index contributed by atoms with van der Waals surface area (Å²) in [6.45, 7) is 2.13. The van der Waals surface area contributed by atoms with Crippen LogP contribution in [0.1, 0.15) is 34.3 Å². The van der Waals surface area contributed by atoms with Crippen LogP contribution in [0.3, 0.4) is 0 Å². The van der Waals surface area contributed by atoms with Gasteiger partial charge in [-0.1, -0.05) is 24.3 Å². The first-order valence-electron chi connectivity index (χ1n) is 9.63. The molecule has 1 aliphatic heterocycles. The van der Waals surface area contributed by atoms with Crippen molar-refractivity contribution in [2.24, 2.45) is 5.92 Å². The van der Waals surface area contributed by atoms with E-state index in [-0.39, 0.29) is 30.5 Å². The number of hydrogen-bond donors (Lipinski definition) is 1. The average molecular weight is 407 g/mol. The molecule has 1 N–H and O–H groups in total. The monoisotopic (exact) mass is 407 g/mol. The molecule has 1 saturated heterocycles. The number of carbonyl (C=O) groups excluding carboxylic acids is 1. The molecule has 0 aliphatic carbocycles. The number of likely N-dealkylation sites (tertiary alicyclic amines) is 1. The second kappa shape index (κ2) is 9.41. The van der Waals surface area contributed by atoms with Crippen molar-refractivity contribution in [1.29, 1.82) is 0 Å². The Hall–Kier alpha value is -2.38. The molecule has 1 heterocycles. The molecular formula is C22H24F3NO3. The average Bonchev–Trinajstić information content (AvgIpc) is 2.72. The van der Waals surface area contributed by atoms with E-state index in [0.717, 1.165) is 30.7 Å². The number of ether oxygens (including phenoxy) is 1. The van der Waals surface area contributed by atoms with Crippen LogP contribution in [-0.4, -0.2) is 42.1 Å². The highest BCUT2D eigenvalue weighted by Crippen LogP contribution is 2.31. The Bertz CT molecular complexity index is 838. The van der Waals surface area contributed by atoms with Gasteiger partial charge in [-0.05, 0) is 49.2 Å².